The maximum atomic E-state index is 11.9. The Kier molecular flexibility index (Phi) is 5.26. The van der Waals surface area contributed by atoms with Crippen molar-refractivity contribution in [3.63, 3.8) is 0 Å². The van der Waals surface area contributed by atoms with Crippen molar-refractivity contribution in [3.8, 4) is 11.5 Å². The van der Waals surface area contributed by atoms with Crippen LogP contribution in [0.1, 0.15) is 26.5 Å². The summed E-state index contributed by atoms with van der Waals surface area (Å²) in [6, 6.07) is 5.72. The molecule has 2 rings (SSSR count). The third-order valence-electron chi connectivity index (χ3n) is 3.26. The van der Waals surface area contributed by atoms with E-state index in [1.165, 1.54) is 25.3 Å². The molecule has 2 aromatic rings. The minimum atomic E-state index is -0.609. The van der Waals surface area contributed by atoms with Crippen molar-refractivity contribution < 1.29 is 23.7 Å². The summed E-state index contributed by atoms with van der Waals surface area (Å²) in [4.78, 5) is 22.4. The van der Waals surface area contributed by atoms with E-state index in [9.17, 15) is 14.9 Å². The van der Waals surface area contributed by atoms with Gasteiger partial charge in [-0.05, 0) is 12.1 Å². The molecule has 134 valence electrons. The molecule has 1 aromatic heterocycles. The van der Waals surface area contributed by atoms with Crippen molar-refractivity contribution in [1.29, 1.82) is 0 Å². The number of hydrogen-bond donors (Lipinski definition) is 1. The highest BCUT2D eigenvalue weighted by Crippen LogP contribution is 2.31. The average Bonchev–Trinajstić information content (AvgIpc) is 3.01. The van der Waals surface area contributed by atoms with Gasteiger partial charge in [-0.1, -0.05) is 25.9 Å². The fourth-order valence-electron chi connectivity index (χ4n) is 1.89. The number of nitrogens with one attached hydrogen (secondary N) is 1. The molecule has 0 saturated heterocycles. The van der Waals surface area contributed by atoms with Gasteiger partial charge < -0.3 is 14.0 Å². The van der Waals surface area contributed by atoms with Crippen molar-refractivity contribution >= 4 is 17.5 Å². The Morgan fingerprint density at radius 3 is 2.64 bits per heavy atom. The molecule has 25 heavy (non-hydrogen) atoms. The first-order valence-electron chi connectivity index (χ1n) is 7.43. The van der Waals surface area contributed by atoms with Crippen LogP contribution in [0.2, 0.25) is 0 Å². The number of nitro benzene ring substituents is 1. The summed E-state index contributed by atoms with van der Waals surface area (Å²) in [7, 11) is 1.40. The van der Waals surface area contributed by atoms with E-state index in [1.54, 1.807) is 6.07 Å². The van der Waals surface area contributed by atoms with Crippen LogP contribution in [0.4, 0.5) is 11.6 Å². The molecule has 0 bridgehead atoms. The van der Waals surface area contributed by atoms with Crippen LogP contribution in [0.25, 0.3) is 0 Å². The van der Waals surface area contributed by atoms with Crippen LogP contribution >= 0.6 is 0 Å². The van der Waals surface area contributed by atoms with E-state index in [-0.39, 0.29) is 22.7 Å². The molecule has 9 nitrogen and oxygen atoms in total. The number of carbonyl (C=O) groups is 1. The highest BCUT2D eigenvalue weighted by molar-refractivity contribution is 5.90. The number of benzene rings is 1. The van der Waals surface area contributed by atoms with Crippen molar-refractivity contribution in [2.75, 3.05) is 19.0 Å². The second-order valence-corrected chi connectivity index (χ2v) is 6.25. The molecule has 1 N–H and O–H groups in total. The molecule has 0 spiro atoms. The molecule has 0 unspecified atom stereocenters. The summed E-state index contributed by atoms with van der Waals surface area (Å²) in [6.07, 6.45) is 0. The molecule has 0 aliphatic heterocycles. The third kappa shape index (κ3) is 4.69. The van der Waals surface area contributed by atoms with Gasteiger partial charge in [-0.3, -0.25) is 20.2 Å². The Balaban J connectivity index is 2.00. The van der Waals surface area contributed by atoms with Crippen LogP contribution in [-0.4, -0.2) is 29.7 Å². The van der Waals surface area contributed by atoms with Crippen LogP contribution in [-0.2, 0) is 10.2 Å². The van der Waals surface area contributed by atoms with Crippen molar-refractivity contribution in [3.05, 3.63) is 40.1 Å². The van der Waals surface area contributed by atoms with Crippen molar-refractivity contribution in [2.45, 2.75) is 26.2 Å². The fourth-order valence-corrected chi connectivity index (χ4v) is 1.89. The van der Waals surface area contributed by atoms with Gasteiger partial charge in [0.25, 0.3) is 5.91 Å². The summed E-state index contributed by atoms with van der Waals surface area (Å²) in [6.45, 7) is 5.46. The molecule has 0 atom stereocenters. The van der Waals surface area contributed by atoms with Crippen LogP contribution in [0, 0.1) is 10.1 Å². The largest absolute Gasteiger partial charge is 0.496 e. The monoisotopic (exact) mass is 349 g/mol. The zero-order valence-electron chi connectivity index (χ0n) is 14.4. The van der Waals surface area contributed by atoms with E-state index in [0.717, 1.165) is 0 Å². The number of amides is 1. The number of hydrogen-bond acceptors (Lipinski definition) is 7. The second kappa shape index (κ2) is 7.20. The zero-order chi connectivity index (χ0) is 18.6. The van der Waals surface area contributed by atoms with Gasteiger partial charge >= 0.3 is 5.69 Å². The van der Waals surface area contributed by atoms with Gasteiger partial charge in [-0.15, -0.1) is 0 Å². The molecule has 1 aromatic carbocycles. The van der Waals surface area contributed by atoms with E-state index in [1.807, 2.05) is 20.8 Å². The normalized spacial score (nSPS) is 11.0. The van der Waals surface area contributed by atoms with Crippen LogP contribution < -0.4 is 14.8 Å². The van der Waals surface area contributed by atoms with Crippen LogP contribution in [0.15, 0.2) is 28.8 Å². The lowest BCUT2D eigenvalue weighted by molar-refractivity contribution is -0.385. The number of aromatic nitrogens is 1. The zero-order valence-corrected chi connectivity index (χ0v) is 14.4. The highest BCUT2D eigenvalue weighted by atomic mass is 16.6. The number of methoxy groups -OCH3 is 1. The van der Waals surface area contributed by atoms with E-state index in [0.29, 0.717) is 11.4 Å². The van der Waals surface area contributed by atoms with Crippen molar-refractivity contribution in [2.24, 2.45) is 0 Å². The van der Waals surface area contributed by atoms with Crippen LogP contribution in [0.5, 0.6) is 11.5 Å². The summed E-state index contributed by atoms with van der Waals surface area (Å²) < 4.78 is 15.2. The molecule has 0 saturated carbocycles. The molecule has 0 fully saturated rings. The maximum absolute atomic E-state index is 11.9. The van der Waals surface area contributed by atoms with E-state index >= 15 is 0 Å². The number of nitro groups is 1. The fraction of sp³-hybridized carbons (Fsp3) is 0.375. The van der Waals surface area contributed by atoms with Gasteiger partial charge in [0.2, 0.25) is 5.88 Å². The number of rotatable bonds is 6. The molecule has 0 radical (unpaired) electrons. The maximum Gasteiger partial charge on any atom is 0.314 e. The first-order chi connectivity index (χ1) is 11.7. The number of ether oxygens (including phenoxy) is 2. The molecule has 1 amide bonds. The lowest BCUT2D eigenvalue weighted by atomic mass is 9.92. The summed E-state index contributed by atoms with van der Waals surface area (Å²) in [5.74, 6) is -0.0572. The van der Waals surface area contributed by atoms with Gasteiger partial charge in [0.15, 0.2) is 12.4 Å². The minimum Gasteiger partial charge on any atom is -0.496 e. The molecule has 0 aliphatic carbocycles. The Morgan fingerprint density at radius 1 is 1.36 bits per heavy atom. The minimum absolute atomic E-state index is 0.0334. The molecular formula is C16H19N3O6. The Labute approximate surface area is 144 Å². The number of nitrogens with zero attached hydrogens (tertiary/aromatic N) is 2. The smallest absolute Gasteiger partial charge is 0.314 e. The molecule has 0 aliphatic rings. The van der Waals surface area contributed by atoms with Gasteiger partial charge in [-0.25, -0.2) is 0 Å². The molecule has 9 heteroatoms. The molecule has 1 heterocycles. The highest BCUT2D eigenvalue weighted by Gasteiger charge is 2.21. The van der Waals surface area contributed by atoms with Gasteiger partial charge in [0.05, 0.1) is 23.8 Å². The van der Waals surface area contributed by atoms with Gasteiger partial charge in [0, 0.05) is 11.5 Å². The lowest BCUT2D eigenvalue weighted by Crippen LogP contribution is -2.20. The predicted molar refractivity (Wildman–Crippen MR) is 89.0 cm³/mol. The van der Waals surface area contributed by atoms with E-state index in [4.69, 9.17) is 14.0 Å². The standard InChI is InChI=1S/C16H19N3O6/c1-16(2,3)13-8-15(25-18-13)17-14(20)9-24-12-6-5-10(23-4)7-11(12)19(21)22/h5-8H,9H2,1-4H3,(H,17,20). The summed E-state index contributed by atoms with van der Waals surface area (Å²) in [5.41, 5.74) is 0.184. The van der Waals surface area contributed by atoms with Gasteiger partial charge in [0.1, 0.15) is 5.75 Å². The second-order valence-electron chi connectivity index (χ2n) is 6.25. The van der Waals surface area contributed by atoms with Gasteiger partial charge in [-0.2, -0.15) is 0 Å². The number of anilines is 1. The lowest BCUT2D eigenvalue weighted by Gasteiger charge is -2.12. The van der Waals surface area contributed by atoms with E-state index < -0.39 is 17.4 Å². The SMILES string of the molecule is COc1ccc(OCC(=O)Nc2cc(C(C)(C)C)no2)c([N+](=O)[O-])c1. The Bertz CT molecular complexity index is 778. The first kappa shape index (κ1) is 18.2. The number of carbonyl (C=O) groups excluding carboxylic acids is 1. The first-order valence-corrected chi connectivity index (χ1v) is 7.43. The topological polar surface area (TPSA) is 117 Å². The van der Waals surface area contributed by atoms with E-state index in [2.05, 4.69) is 10.5 Å². The summed E-state index contributed by atoms with van der Waals surface area (Å²) in [5, 5.41) is 17.4. The van der Waals surface area contributed by atoms with Crippen LogP contribution in [0.3, 0.4) is 0 Å². The average molecular weight is 349 g/mol. The third-order valence-corrected chi connectivity index (χ3v) is 3.26. The van der Waals surface area contributed by atoms with Crippen molar-refractivity contribution in [1.82, 2.24) is 5.16 Å². The quantitative estimate of drug-likeness (QED) is 0.629. The summed E-state index contributed by atoms with van der Waals surface area (Å²) >= 11 is 0. The Hall–Kier alpha value is -3.10. The molecular weight excluding hydrogens is 330 g/mol. The Morgan fingerprint density at radius 2 is 2.08 bits per heavy atom. The predicted octanol–water partition coefficient (Wildman–Crippen LogP) is 2.91.